The predicted octanol–water partition coefficient (Wildman–Crippen LogP) is 6.41. The fourth-order valence-corrected chi connectivity index (χ4v) is 6.90. The maximum atomic E-state index is 12.5. The molecular weight excluding hydrogens is 511 g/mol. The zero-order valence-electron chi connectivity index (χ0n) is 19.6. The highest BCUT2D eigenvalue weighted by Crippen LogP contribution is 2.53. The Bertz CT molecular complexity index is 1690. The van der Waals surface area contributed by atoms with Gasteiger partial charge >= 0.3 is 5.97 Å². The number of nitrogens with one attached hydrogen (secondary N) is 1. The SMILES string of the molecule is O=C(O)[C@@H]1C2CCC(CC2)[C@H]1n1cc(-c2ccncc2Cl)c2cnc(-c3c[nH]c4ncc(Cl)cc34)nc21. The summed E-state index contributed by atoms with van der Waals surface area (Å²) in [6.07, 6.45) is 14.5. The highest BCUT2D eigenvalue weighted by molar-refractivity contribution is 6.33. The van der Waals surface area contributed by atoms with Crippen molar-refractivity contribution in [3.05, 3.63) is 59.4 Å². The maximum absolute atomic E-state index is 12.5. The first kappa shape index (κ1) is 22.7. The Labute approximate surface area is 221 Å². The zero-order valence-corrected chi connectivity index (χ0v) is 21.1. The fraction of sp³-hybridized carbons (Fsp3) is 0.296. The van der Waals surface area contributed by atoms with Gasteiger partial charge in [0.2, 0.25) is 0 Å². The quantitative estimate of drug-likeness (QED) is 0.277. The summed E-state index contributed by atoms with van der Waals surface area (Å²) in [5.74, 6) is -0.241. The van der Waals surface area contributed by atoms with E-state index in [1.54, 1.807) is 24.8 Å². The second kappa shape index (κ2) is 8.53. The minimum atomic E-state index is -0.739. The van der Waals surface area contributed by atoms with E-state index in [2.05, 4.69) is 19.5 Å². The summed E-state index contributed by atoms with van der Waals surface area (Å²) >= 11 is 12.8. The lowest BCUT2D eigenvalue weighted by molar-refractivity contribution is -0.151. The number of aliphatic carboxylic acids is 1. The lowest BCUT2D eigenvalue weighted by Crippen LogP contribution is -2.44. The van der Waals surface area contributed by atoms with Crippen LogP contribution in [0.15, 0.2) is 49.3 Å². The van der Waals surface area contributed by atoms with Crippen molar-refractivity contribution in [3.8, 4) is 22.5 Å². The largest absolute Gasteiger partial charge is 0.481 e. The lowest BCUT2D eigenvalue weighted by atomic mass is 9.61. The fourth-order valence-electron chi connectivity index (χ4n) is 6.52. The first-order valence-electron chi connectivity index (χ1n) is 12.3. The number of hydrogen-bond acceptors (Lipinski definition) is 5. The number of rotatable bonds is 4. The van der Waals surface area contributed by atoms with Crippen molar-refractivity contribution in [2.45, 2.75) is 31.7 Å². The molecule has 8 nitrogen and oxygen atoms in total. The standard InChI is InChI=1S/C27H22Cl2N6O2/c28-15-7-17-18(9-32-24(17)31-8-15)25-33-10-19-20(16-5-6-30-11-21(16)29)12-35(26(19)34-25)23-14-3-1-13(2-4-14)22(23)27(36)37/h5-14,22-23H,1-4H2,(H,31,32)(H,36,37)/t13?,14?,22-,23-/m1/s1. The van der Waals surface area contributed by atoms with Gasteiger partial charge < -0.3 is 14.7 Å². The van der Waals surface area contributed by atoms with Crippen molar-refractivity contribution in [2.24, 2.45) is 17.8 Å². The molecule has 0 saturated heterocycles. The molecule has 186 valence electrons. The van der Waals surface area contributed by atoms with E-state index in [-0.39, 0.29) is 17.9 Å². The molecule has 2 N–H and O–H groups in total. The number of pyridine rings is 2. The van der Waals surface area contributed by atoms with Crippen LogP contribution in [-0.2, 0) is 4.79 Å². The van der Waals surface area contributed by atoms with Gasteiger partial charge in [-0.3, -0.25) is 9.78 Å². The molecule has 5 aromatic rings. The molecule has 0 aliphatic heterocycles. The van der Waals surface area contributed by atoms with Gasteiger partial charge in [-0.1, -0.05) is 23.2 Å². The molecule has 10 heteroatoms. The number of halogens is 2. The van der Waals surface area contributed by atoms with E-state index < -0.39 is 11.9 Å². The normalized spacial score (nSPS) is 23.2. The van der Waals surface area contributed by atoms with E-state index in [4.69, 9.17) is 33.2 Å². The molecule has 0 aromatic carbocycles. The molecule has 3 aliphatic carbocycles. The van der Waals surface area contributed by atoms with Crippen molar-refractivity contribution in [1.82, 2.24) is 29.5 Å². The number of nitrogens with zero attached hydrogens (tertiary/aromatic N) is 5. The summed E-state index contributed by atoms with van der Waals surface area (Å²) in [4.78, 5) is 33.9. The number of carboxylic acids is 1. The monoisotopic (exact) mass is 532 g/mol. The predicted molar refractivity (Wildman–Crippen MR) is 141 cm³/mol. The van der Waals surface area contributed by atoms with E-state index in [0.717, 1.165) is 53.1 Å². The van der Waals surface area contributed by atoms with E-state index in [1.807, 2.05) is 24.5 Å². The van der Waals surface area contributed by atoms with Gasteiger partial charge in [0.25, 0.3) is 0 Å². The number of aromatic amines is 1. The van der Waals surface area contributed by atoms with Crippen LogP contribution in [0.25, 0.3) is 44.6 Å². The van der Waals surface area contributed by atoms with Crippen LogP contribution in [0.4, 0.5) is 0 Å². The molecule has 3 saturated carbocycles. The Morgan fingerprint density at radius 2 is 1.81 bits per heavy atom. The van der Waals surface area contributed by atoms with Gasteiger partial charge in [-0.2, -0.15) is 0 Å². The average Bonchev–Trinajstić information content (AvgIpc) is 3.50. The van der Waals surface area contributed by atoms with Gasteiger partial charge in [-0.15, -0.1) is 0 Å². The number of carboxylic acid groups (broad SMARTS) is 1. The molecule has 5 aromatic heterocycles. The van der Waals surface area contributed by atoms with E-state index in [0.29, 0.717) is 27.2 Å². The minimum absolute atomic E-state index is 0.168. The van der Waals surface area contributed by atoms with Gasteiger partial charge in [-0.25, -0.2) is 15.0 Å². The van der Waals surface area contributed by atoms with Gasteiger partial charge in [-0.05, 0) is 49.7 Å². The maximum Gasteiger partial charge on any atom is 0.308 e. The molecule has 5 heterocycles. The molecule has 0 unspecified atom stereocenters. The molecule has 3 aliphatic rings. The molecule has 0 amide bonds. The molecule has 2 atom stereocenters. The molecule has 0 spiro atoms. The third-order valence-corrected chi connectivity index (χ3v) is 8.66. The van der Waals surface area contributed by atoms with Crippen molar-refractivity contribution in [1.29, 1.82) is 0 Å². The first-order valence-corrected chi connectivity index (χ1v) is 13.1. The van der Waals surface area contributed by atoms with Crippen LogP contribution < -0.4 is 0 Å². The molecule has 8 rings (SSSR count). The van der Waals surface area contributed by atoms with E-state index in [9.17, 15) is 9.90 Å². The van der Waals surface area contributed by atoms with Gasteiger partial charge in [0, 0.05) is 64.6 Å². The Hall–Kier alpha value is -3.49. The van der Waals surface area contributed by atoms with Crippen LogP contribution in [0.3, 0.4) is 0 Å². The Morgan fingerprint density at radius 3 is 2.59 bits per heavy atom. The van der Waals surface area contributed by atoms with Crippen molar-refractivity contribution < 1.29 is 9.90 Å². The van der Waals surface area contributed by atoms with E-state index >= 15 is 0 Å². The number of carbonyl (C=O) groups is 1. The minimum Gasteiger partial charge on any atom is -0.481 e. The number of aromatic nitrogens is 6. The summed E-state index contributed by atoms with van der Waals surface area (Å²) in [5, 5.41) is 13.0. The molecule has 2 bridgehead atoms. The Morgan fingerprint density at radius 1 is 1.00 bits per heavy atom. The highest BCUT2D eigenvalue weighted by atomic mass is 35.5. The van der Waals surface area contributed by atoms with Crippen LogP contribution in [-0.4, -0.2) is 40.6 Å². The molecule has 3 fully saturated rings. The summed E-state index contributed by atoms with van der Waals surface area (Å²) in [7, 11) is 0. The van der Waals surface area contributed by atoms with Crippen LogP contribution in [0, 0.1) is 17.8 Å². The molecule has 0 radical (unpaired) electrons. The highest BCUT2D eigenvalue weighted by Gasteiger charge is 2.48. The first-order chi connectivity index (χ1) is 18.0. The van der Waals surface area contributed by atoms with Gasteiger partial charge in [0.1, 0.15) is 11.3 Å². The number of hydrogen-bond donors (Lipinski definition) is 2. The summed E-state index contributed by atoms with van der Waals surface area (Å²) in [6.45, 7) is 0. The van der Waals surface area contributed by atoms with E-state index in [1.165, 1.54) is 0 Å². The number of H-pyrrole nitrogens is 1. The Kier molecular flexibility index (Phi) is 5.23. The second-order valence-corrected chi connectivity index (χ2v) is 10.9. The third kappa shape index (κ3) is 3.54. The third-order valence-electron chi connectivity index (χ3n) is 8.15. The number of fused-ring (bicyclic) bond motifs is 5. The average molecular weight is 533 g/mol. The van der Waals surface area contributed by atoms with Crippen molar-refractivity contribution in [3.63, 3.8) is 0 Å². The Balaban J connectivity index is 1.48. The van der Waals surface area contributed by atoms with Gasteiger partial charge in [0.15, 0.2) is 5.82 Å². The van der Waals surface area contributed by atoms with Crippen LogP contribution in [0.5, 0.6) is 0 Å². The topological polar surface area (TPSA) is 110 Å². The smallest absolute Gasteiger partial charge is 0.308 e. The second-order valence-electron chi connectivity index (χ2n) is 10.0. The lowest BCUT2D eigenvalue weighted by Gasteiger charge is -2.47. The van der Waals surface area contributed by atoms with Crippen molar-refractivity contribution >= 4 is 51.2 Å². The van der Waals surface area contributed by atoms with Crippen molar-refractivity contribution in [2.75, 3.05) is 0 Å². The van der Waals surface area contributed by atoms with Crippen LogP contribution in [0.2, 0.25) is 10.0 Å². The van der Waals surface area contributed by atoms with Crippen LogP contribution in [0.1, 0.15) is 31.7 Å². The summed E-state index contributed by atoms with van der Waals surface area (Å²) < 4.78 is 2.08. The zero-order chi connectivity index (χ0) is 25.3. The van der Waals surface area contributed by atoms with Gasteiger partial charge in [0.05, 0.1) is 22.0 Å². The van der Waals surface area contributed by atoms with Crippen LogP contribution >= 0.6 is 23.2 Å². The summed E-state index contributed by atoms with van der Waals surface area (Å²) in [5.41, 5.74) is 3.85. The molecule has 37 heavy (non-hydrogen) atoms. The summed E-state index contributed by atoms with van der Waals surface area (Å²) in [6, 6.07) is 3.51. The molecular formula is C27H22Cl2N6O2.